The lowest BCUT2D eigenvalue weighted by Gasteiger charge is -2.39. The summed E-state index contributed by atoms with van der Waals surface area (Å²) in [6, 6.07) is 4.28. The van der Waals surface area contributed by atoms with Crippen LogP contribution in [0.2, 0.25) is 0 Å². The molecule has 0 aliphatic carbocycles. The van der Waals surface area contributed by atoms with Gasteiger partial charge in [-0.05, 0) is 63.7 Å². The molecule has 3 heterocycles. The summed E-state index contributed by atoms with van der Waals surface area (Å²) < 4.78 is 0. The number of aromatic amines is 1. The van der Waals surface area contributed by atoms with Gasteiger partial charge in [-0.2, -0.15) is 10.3 Å². The molecule has 31 heavy (non-hydrogen) atoms. The second-order valence-electron chi connectivity index (χ2n) is 8.34. The van der Waals surface area contributed by atoms with Gasteiger partial charge in [-0.25, -0.2) is 5.43 Å². The summed E-state index contributed by atoms with van der Waals surface area (Å²) in [5.74, 6) is 0.234. The lowest BCUT2D eigenvalue weighted by molar-refractivity contribution is -0.384. The van der Waals surface area contributed by atoms with Gasteiger partial charge in [-0.3, -0.25) is 10.1 Å². The smallest absolute Gasteiger partial charge is 0.293 e. The molecule has 11 heteroatoms. The fourth-order valence-corrected chi connectivity index (χ4v) is 4.59. The lowest BCUT2D eigenvalue weighted by atomic mass is 9.98. The number of hydrazone groups is 1. The molecule has 0 radical (unpaired) electrons. The second kappa shape index (κ2) is 9.27. The molecule has 1 aromatic carbocycles. The van der Waals surface area contributed by atoms with Crippen molar-refractivity contribution in [2.75, 3.05) is 28.3 Å². The maximum absolute atomic E-state index is 12.0. The monoisotopic (exact) mass is 427 g/mol. The summed E-state index contributed by atoms with van der Waals surface area (Å²) in [4.78, 5) is 16.3. The molecule has 166 valence electrons. The van der Waals surface area contributed by atoms with E-state index in [-0.39, 0.29) is 22.6 Å². The standard InChI is InChI=1S/C20H29N9O2/c1-14-7-3-5-9-27(14)17-12-18(28-10-6-4-8-15(28)2)19(29(30)31)11-16(17)13-21-22-20-23-25-26-24-20/h11-15H,3-10H2,1-2H3,(H2,22,23,24,25,26). The number of hydrogen-bond acceptors (Lipinski definition) is 9. The first-order chi connectivity index (χ1) is 15.0. The first-order valence-corrected chi connectivity index (χ1v) is 10.9. The third kappa shape index (κ3) is 4.59. The molecule has 2 aromatic rings. The number of hydrogen-bond donors (Lipinski definition) is 2. The van der Waals surface area contributed by atoms with Gasteiger partial charge in [0.15, 0.2) is 0 Å². The zero-order chi connectivity index (χ0) is 21.8. The van der Waals surface area contributed by atoms with Crippen LogP contribution in [0.5, 0.6) is 0 Å². The van der Waals surface area contributed by atoms with Crippen molar-refractivity contribution in [1.29, 1.82) is 0 Å². The van der Waals surface area contributed by atoms with Crippen molar-refractivity contribution in [3.8, 4) is 0 Å². The van der Waals surface area contributed by atoms with Gasteiger partial charge in [-0.1, -0.05) is 5.10 Å². The molecule has 1 aromatic heterocycles. The quantitative estimate of drug-likeness (QED) is 0.408. The van der Waals surface area contributed by atoms with Crippen LogP contribution < -0.4 is 15.2 Å². The average Bonchev–Trinajstić information content (AvgIpc) is 3.28. The highest BCUT2D eigenvalue weighted by Crippen LogP contribution is 2.39. The Morgan fingerprint density at radius 2 is 1.81 bits per heavy atom. The molecule has 0 amide bonds. The van der Waals surface area contributed by atoms with Crippen molar-refractivity contribution in [1.82, 2.24) is 20.6 Å². The van der Waals surface area contributed by atoms with Gasteiger partial charge in [-0.15, -0.1) is 5.10 Å². The molecular formula is C20H29N9O2. The third-order valence-corrected chi connectivity index (χ3v) is 6.26. The molecule has 4 rings (SSSR count). The molecule has 2 fully saturated rings. The first-order valence-electron chi connectivity index (χ1n) is 10.9. The molecule has 2 unspecified atom stereocenters. The predicted octanol–water partition coefficient (Wildman–Crippen LogP) is 3.31. The number of tetrazole rings is 1. The van der Waals surface area contributed by atoms with Crippen LogP contribution in [0.15, 0.2) is 17.2 Å². The third-order valence-electron chi connectivity index (χ3n) is 6.26. The molecular weight excluding hydrogens is 398 g/mol. The van der Waals surface area contributed by atoms with Crippen LogP contribution >= 0.6 is 0 Å². The number of H-pyrrole nitrogens is 1. The largest absolute Gasteiger partial charge is 0.368 e. The van der Waals surface area contributed by atoms with Crippen LogP contribution in [0.4, 0.5) is 23.0 Å². The van der Waals surface area contributed by atoms with Crippen LogP contribution in [0.1, 0.15) is 57.9 Å². The summed E-state index contributed by atoms with van der Waals surface area (Å²) in [5.41, 5.74) is 5.19. The van der Waals surface area contributed by atoms with Crippen molar-refractivity contribution >= 4 is 29.2 Å². The highest BCUT2D eigenvalue weighted by molar-refractivity contribution is 5.92. The maximum atomic E-state index is 12.0. The maximum Gasteiger partial charge on any atom is 0.293 e. The SMILES string of the molecule is CC1CCCCN1c1cc(N2CCCCC2C)c([N+](=O)[O-])cc1C=NNc1nn[nH]n1. The van der Waals surface area contributed by atoms with E-state index >= 15 is 0 Å². The minimum absolute atomic E-state index is 0.114. The fraction of sp³-hybridized carbons (Fsp3) is 0.600. The Morgan fingerprint density at radius 3 is 2.39 bits per heavy atom. The Labute approximate surface area is 181 Å². The van der Waals surface area contributed by atoms with E-state index in [2.05, 4.69) is 54.8 Å². The van der Waals surface area contributed by atoms with Gasteiger partial charge in [0.1, 0.15) is 5.69 Å². The van der Waals surface area contributed by atoms with E-state index in [0.717, 1.165) is 50.9 Å². The lowest BCUT2D eigenvalue weighted by Crippen LogP contribution is -2.40. The number of aromatic nitrogens is 4. The number of nitrogens with one attached hydrogen (secondary N) is 2. The zero-order valence-corrected chi connectivity index (χ0v) is 18.0. The van der Waals surface area contributed by atoms with Gasteiger partial charge in [0.25, 0.3) is 11.6 Å². The van der Waals surface area contributed by atoms with Gasteiger partial charge in [0, 0.05) is 42.5 Å². The van der Waals surface area contributed by atoms with E-state index in [4.69, 9.17) is 0 Å². The number of nitro benzene ring substituents is 1. The summed E-state index contributed by atoms with van der Waals surface area (Å²) in [5, 5.41) is 29.6. The molecule has 0 bridgehead atoms. The predicted molar refractivity (Wildman–Crippen MR) is 120 cm³/mol. The van der Waals surface area contributed by atoms with E-state index in [1.54, 1.807) is 12.3 Å². The molecule has 2 saturated heterocycles. The van der Waals surface area contributed by atoms with Crippen molar-refractivity contribution in [2.24, 2.45) is 5.10 Å². The molecule has 2 aliphatic rings. The minimum atomic E-state index is -0.288. The Balaban J connectivity index is 1.76. The van der Waals surface area contributed by atoms with Crippen LogP contribution in [-0.2, 0) is 0 Å². The van der Waals surface area contributed by atoms with Crippen molar-refractivity contribution < 1.29 is 4.92 Å². The fourth-order valence-electron chi connectivity index (χ4n) is 4.59. The first kappa shape index (κ1) is 21.0. The average molecular weight is 428 g/mol. The number of nitrogens with zero attached hydrogens (tertiary/aromatic N) is 7. The van der Waals surface area contributed by atoms with E-state index < -0.39 is 0 Å². The Hall–Kier alpha value is -3.24. The highest BCUT2D eigenvalue weighted by atomic mass is 16.6. The minimum Gasteiger partial charge on any atom is -0.368 e. The molecule has 2 N–H and O–H groups in total. The highest BCUT2D eigenvalue weighted by Gasteiger charge is 2.30. The van der Waals surface area contributed by atoms with Crippen molar-refractivity contribution in [3.63, 3.8) is 0 Å². The number of rotatable bonds is 6. The zero-order valence-electron chi connectivity index (χ0n) is 18.0. The number of piperidine rings is 2. The van der Waals surface area contributed by atoms with Crippen molar-refractivity contribution in [2.45, 2.75) is 64.5 Å². The van der Waals surface area contributed by atoms with Crippen LogP contribution in [0.25, 0.3) is 0 Å². The summed E-state index contributed by atoms with van der Waals surface area (Å²) >= 11 is 0. The van der Waals surface area contributed by atoms with Crippen molar-refractivity contribution in [3.05, 3.63) is 27.8 Å². The molecule has 11 nitrogen and oxygen atoms in total. The van der Waals surface area contributed by atoms with Gasteiger partial charge in [0.2, 0.25) is 0 Å². The normalized spacial score (nSPS) is 22.1. The topological polar surface area (TPSA) is 128 Å². The summed E-state index contributed by atoms with van der Waals surface area (Å²) in [6.45, 7) is 6.12. The molecule has 2 aliphatic heterocycles. The van der Waals surface area contributed by atoms with Crippen LogP contribution in [-0.4, -0.2) is 56.9 Å². The van der Waals surface area contributed by atoms with Gasteiger partial charge >= 0.3 is 0 Å². The molecule has 2 atom stereocenters. The Kier molecular flexibility index (Phi) is 6.28. The van der Waals surface area contributed by atoms with Gasteiger partial charge in [0.05, 0.1) is 11.1 Å². The van der Waals surface area contributed by atoms with E-state index in [1.807, 2.05) is 6.07 Å². The number of benzene rings is 1. The summed E-state index contributed by atoms with van der Waals surface area (Å²) in [7, 11) is 0. The van der Waals surface area contributed by atoms with Gasteiger partial charge < -0.3 is 9.80 Å². The second-order valence-corrected chi connectivity index (χ2v) is 8.34. The number of anilines is 3. The van der Waals surface area contributed by atoms with Crippen LogP contribution in [0.3, 0.4) is 0 Å². The Morgan fingerprint density at radius 1 is 1.13 bits per heavy atom. The summed E-state index contributed by atoms with van der Waals surface area (Å²) in [6.07, 6.45) is 8.26. The Bertz CT molecular complexity index is 931. The van der Waals surface area contributed by atoms with E-state index in [0.29, 0.717) is 17.3 Å². The number of nitro groups is 1. The van der Waals surface area contributed by atoms with E-state index in [1.165, 1.54) is 6.42 Å². The van der Waals surface area contributed by atoms with Crippen LogP contribution in [0, 0.1) is 10.1 Å². The molecule has 0 saturated carbocycles. The van der Waals surface area contributed by atoms with E-state index in [9.17, 15) is 10.1 Å². The molecule has 0 spiro atoms.